The fraction of sp³-hybridized carbons (Fsp3) is 0.500. The molecule has 19 heavy (non-hydrogen) atoms. The smallest absolute Gasteiger partial charge is 0.294 e. The summed E-state index contributed by atoms with van der Waals surface area (Å²) in [7, 11) is -4.00. The van der Waals surface area contributed by atoms with E-state index in [0.717, 1.165) is 0 Å². The molecule has 1 saturated carbocycles. The minimum Gasteiger partial charge on any atom is -0.396 e. The van der Waals surface area contributed by atoms with E-state index in [1.807, 2.05) is 13.8 Å². The molecule has 0 saturated heterocycles. The van der Waals surface area contributed by atoms with E-state index in [-0.39, 0.29) is 22.8 Å². The summed E-state index contributed by atoms with van der Waals surface area (Å²) in [5.74, 6) is 0.0494. The van der Waals surface area contributed by atoms with Crippen molar-refractivity contribution in [3.05, 3.63) is 30.3 Å². The predicted molar refractivity (Wildman–Crippen MR) is 75.1 cm³/mol. The molecule has 1 atom stereocenters. The molecule has 1 aromatic rings. The highest BCUT2D eigenvalue weighted by atomic mass is 35.5. The number of aliphatic hydroxyl groups is 1. The highest BCUT2D eigenvalue weighted by molar-refractivity contribution is 7.85. The summed E-state index contributed by atoms with van der Waals surface area (Å²) in [6.07, 6.45) is 0. The Hall–Kier alpha value is -0.330. The molecule has 1 aliphatic carbocycles. The monoisotopic (exact) mass is 326 g/mol. The van der Waals surface area contributed by atoms with Gasteiger partial charge in [-0.3, -0.25) is 4.55 Å². The maximum absolute atomic E-state index is 10.4. The normalized spacial score (nSPS) is 23.2. The summed E-state index contributed by atoms with van der Waals surface area (Å²) in [6.45, 7) is 3.99. The van der Waals surface area contributed by atoms with Crippen LogP contribution in [0.5, 0.6) is 0 Å². The number of hydrogen-bond acceptors (Lipinski definition) is 3. The lowest BCUT2D eigenvalue weighted by atomic mass is 10.1. The predicted octanol–water partition coefficient (Wildman–Crippen LogP) is 2.74. The maximum Gasteiger partial charge on any atom is 0.294 e. The number of aliphatic hydroxyl groups excluding tert-OH is 1. The zero-order valence-corrected chi connectivity index (χ0v) is 12.9. The topological polar surface area (TPSA) is 74.6 Å². The maximum atomic E-state index is 10.4. The third-order valence-corrected chi connectivity index (χ3v) is 5.68. The second kappa shape index (κ2) is 5.58. The summed E-state index contributed by atoms with van der Waals surface area (Å²) < 4.78 is 28.5. The molecule has 1 aliphatic rings. The largest absolute Gasteiger partial charge is 0.396 e. The molecule has 0 amide bonds. The van der Waals surface area contributed by atoms with E-state index in [1.54, 1.807) is 18.2 Å². The van der Waals surface area contributed by atoms with Crippen molar-refractivity contribution in [2.45, 2.75) is 23.1 Å². The van der Waals surface area contributed by atoms with Gasteiger partial charge in [0, 0.05) is 17.9 Å². The van der Waals surface area contributed by atoms with Gasteiger partial charge in [-0.25, -0.2) is 0 Å². The Labute approximate surface area is 123 Å². The van der Waals surface area contributed by atoms with Gasteiger partial charge in [0.2, 0.25) is 0 Å². The van der Waals surface area contributed by atoms with Gasteiger partial charge in [-0.05, 0) is 12.1 Å². The fourth-order valence-corrected chi connectivity index (χ4v) is 3.03. The van der Waals surface area contributed by atoms with E-state index in [4.69, 9.17) is 32.9 Å². The minimum atomic E-state index is -4.00. The van der Waals surface area contributed by atoms with Crippen LogP contribution in [-0.2, 0) is 10.1 Å². The summed E-state index contributed by atoms with van der Waals surface area (Å²) >= 11 is 11.6. The lowest BCUT2D eigenvalue weighted by Gasteiger charge is -1.99. The molecule has 1 aromatic carbocycles. The second-order valence-corrected chi connectivity index (χ2v) is 7.68. The van der Waals surface area contributed by atoms with Crippen LogP contribution in [0, 0.1) is 11.3 Å². The summed E-state index contributed by atoms with van der Waals surface area (Å²) in [5, 5.41) is 8.71. The average Bonchev–Trinajstić information content (AvgIpc) is 2.69. The number of benzene rings is 1. The van der Waals surface area contributed by atoms with Gasteiger partial charge in [-0.15, -0.1) is 23.2 Å². The summed E-state index contributed by atoms with van der Waals surface area (Å²) in [4.78, 5) is -0.0741. The molecule has 0 heterocycles. The van der Waals surface area contributed by atoms with Crippen LogP contribution in [0.4, 0.5) is 0 Å². The van der Waals surface area contributed by atoms with Crippen LogP contribution in [0.1, 0.15) is 13.8 Å². The summed E-state index contributed by atoms with van der Waals surface area (Å²) in [6, 6.07) is 7.42. The van der Waals surface area contributed by atoms with Gasteiger partial charge >= 0.3 is 0 Å². The number of halogens is 2. The van der Waals surface area contributed by atoms with Crippen molar-refractivity contribution in [3.8, 4) is 0 Å². The van der Waals surface area contributed by atoms with Crippen molar-refractivity contribution in [1.29, 1.82) is 0 Å². The van der Waals surface area contributed by atoms with Crippen molar-refractivity contribution >= 4 is 33.3 Å². The van der Waals surface area contributed by atoms with E-state index in [1.165, 1.54) is 12.1 Å². The Morgan fingerprint density at radius 3 is 1.79 bits per heavy atom. The van der Waals surface area contributed by atoms with E-state index < -0.39 is 14.5 Å². The molecule has 0 spiro atoms. The third kappa shape index (κ3) is 3.61. The number of rotatable bonds is 2. The van der Waals surface area contributed by atoms with Crippen molar-refractivity contribution in [1.82, 2.24) is 0 Å². The number of hydrogen-bond donors (Lipinski definition) is 2. The molecule has 0 radical (unpaired) electrons. The zero-order chi connectivity index (χ0) is 14.9. The van der Waals surface area contributed by atoms with Crippen LogP contribution in [-0.4, -0.2) is 29.0 Å². The van der Waals surface area contributed by atoms with Gasteiger partial charge < -0.3 is 5.11 Å². The molecule has 1 unspecified atom stereocenters. The van der Waals surface area contributed by atoms with Gasteiger partial charge in [-0.1, -0.05) is 32.0 Å². The molecule has 0 bridgehead atoms. The average molecular weight is 327 g/mol. The fourth-order valence-electron chi connectivity index (χ4n) is 1.69. The second-order valence-electron chi connectivity index (χ2n) is 4.87. The van der Waals surface area contributed by atoms with Crippen LogP contribution >= 0.6 is 23.2 Å². The minimum absolute atomic E-state index is 0.0494. The SMILES string of the molecule is CC1(C)C(CO)C1(Cl)Cl.O=S(=O)(O)c1ccccc1. The first-order valence-electron chi connectivity index (χ1n) is 5.56. The Bertz CT molecular complexity index is 512. The quantitative estimate of drug-likeness (QED) is 0.647. The third-order valence-electron chi connectivity index (χ3n) is 3.31. The van der Waals surface area contributed by atoms with Gasteiger partial charge in [0.05, 0.1) is 4.90 Å². The van der Waals surface area contributed by atoms with E-state index >= 15 is 0 Å². The van der Waals surface area contributed by atoms with Gasteiger partial charge in [0.15, 0.2) is 0 Å². The summed E-state index contributed by atoms with van der Waals surface area (Å²) in [5.41, 5.74) is -0.106. The Balaban J connectivity index is 0.000000191. The van der Waals surface area contributed by atoms with Crippen LogP contribution < -0.4 is 0 Å². The Kier molecular flexibility index (Phi) is 4.91. The molecule has 7 heteroatoms. The van der Waals surface area contributed by atoms with Gasteiger partial charge in [0.25, 0.3) is 10.1 Å². The number of alkyl halides is 2. The van der Waals surface area contributed by atoms with Crippen molar-refractivity contribution in [2.75, 3.05) is 6.61 Å². The highest BCUT2D eigenvalue weighted by Crippen LogP contribution is 2.68. The van der Waals surface area contributed by atoms with Crippen LogP contribution in [0.15, 0.2) is 35.2 Å². The first-order valence-corrected chi connectivity index (χ1v) is 7.76. The Morgan fingerprint density at radius 1 is 1.21 bits per heavy atom. The lowest BCUT2D eigenvalue weighted by molar-refractivity contribution is 0.257. The molecule has 2 rings (SSSR count). The highest BCUT2D eigenvalue weighted by Gasteiger charge is 2.69. The van der Waals surface area contributed by atoms with Crippen LogP contribution in [0.25, 0.3) is 0 Å². The standard InChI is InChI=1S/C6H10Cl2O.C6H6O3S/c1-5(2)4(3-9)6(5,7)8;7-10(8,9)6-4-2-1-3-5-6/h4,9H,3H2,1-2H3;1-5H,(H,7,8,9). The molecule has 108 valence electrons. The van der Waals surface area contributed by atoms with E-state index in [2.05, 4.69) is 0 Å². The van der Waals surface area contributed by atoms with Crippen molar-refractivity contribution in [3.63, 3.8) is 0 Å². The van der Waals surface area contributed by atoms with Gasteiger partial charge in [0.1, 0.15) is 4.33 Å². The Morgan fingerprint density at radius 2 is 1.63 bits per heavy atom. The van der Waals surface area contributed by atoms with E-state index in [9.17, 15) is 8.42 Å². The molecule has 4 nitrogen and oxygen atoms in total. The van der Waals surface area contributed by atoms with Crippen molar-refractivity contribution in [2.24, 2.45) is 11.3 Å². The van der Waals surface area contributed by atoms with Crippen LogP contribution in [0.3, 0.4) is 0 Å². The van der Waals surface area contributed by atoms with E-state index in [0.29, 0.717) is 0 Å². The first-order chi connectivity index (χ1) is 8.55. The molecule has 0 aromatic heterocycles. The molecule has 2 N–H and O–H groups in total. The van der Waals surface area contributed by atoms with Gasteiger partial charge in [-0.2, -0.15) is 8.42 Å². The molecular formula is C12H16Cl2O4S. The zero-order valence-electron chi connectivity index (χ0n) is 10.5. The van der Waals surface area contributed by atoms with Crippen LogP contribution in [0.2, 0.25) is 0 Å². The van der Waals surface area contributed by atoms with Crippen molar-refractivity contribution < 1.29 is 18.1 Å². The molecule has 0 aliphatic heterocycles. The molecular weight excluding hydrogens is 311 g/mol. The first kappa shape index (κ1) is 16.7. The molecule has 1 fully saturated rings. The lowest BCUT2D eigenvalue weighted by Crippen LogP contribution is -1.96.